The molecule has 0 aromatic heterocycles. The molecule has 0 bridgehead atoms. The van der Waals surface area contributed by atoms with E-state index < -0.39 is 0 Å². The van der Waals surface area contributed by atoms with E-state index in [1.54, 1.807) is 0 Å². The van der Waals surface area contributed by atoms with E-state index in [0.29, 0.717) is 0 Å². The molecule has 0 aliphatic rings. The molecule has 0 aliphatic carbocycles. The van der Waals surface area contributed by atoms with E-state index in [0.717, 1.165) is 21.3 Å². The molecule has 0 saturated carbocycles. The van der Waals surface area contributed by atoms with Crippen molar-refractivity contribution in [3.05, 3.63) is 64.1 Å². The number of rotatable bonds is 5. The van der Waals surface area contributed by atoms with Gasteiger partial charge in [0, 0.05) is 17.1 Å². The summed E-state index contributed by atoms with van der Waals surface area (Å²) in [6.45, 7) is 3.45. The molecule has 2 rings (SSSR count). The van der Waals surface area contributed by atoms with Crippen molar-refractivity contribution >= 4 is 33.4 Å². The van der Waals surface area contributed by atoms with Gasteiger partial charge in [-0.25, -0.2) is 0 Å². The Kier molecular flexibility index (Phi) is 5.93. The molecule has 0 heterocycles. The van der Waals surface area contributed by atoms with Crippen molar-refractivity contribution in [2.75, 3.05) is 5.32 Å². The zero-order valence-corrected chi connectivity index (χ0v) is 14.7. The van der Waals surface area contributed by atoms with Gasteiger partial charge in [-0.1, -0.05) is 51.8 Å². The molecule has 0 spiro atoms. The summed E-state index contributed by atoms with van der Waals surface area (Å²) in [6, 6.07) is 14.9. The van der Waals surface area contributed by atoms with E-state index in [1.807, 2.05) is 55.5 Å². The van der Waals surface area contributed by atoms with Gasteiger partial charge in [-0.15, -0.1) is 0 Å². The molecule has 5 heteroatoms. The quantitative estimate of drug-likeness (QED) is 0.831. The summed E-state index contributed by atoms with van der Waals surface area (Å²) >= 11 is 3.37. The lowest BCUT2D eigenvalue weighted by atomic mass is 10.0. The minimum Gasteiger partial charge on any atom is -0.349 e. The first-order valence-corrected chi connectivity index (χ1v) is 8.12. The van der Waals surface area contributed by atoms with Gasteiger partial charge in [-0.2, -0.15) is 0 Å². The Morgan fingerprint density at radius 1 is 1.13 bits per heavy atom. The smallest absolute Gasteiger partial charge is 0.226 e. The summed E-state index contributed by atoms with van der Waals surface area (Å²) in [5.41, 5.74) is 2.76. The van der Waals surface area contributed by atoms with E-state index >= 15 is 0 Å². The van der Waals surface area contributed by atoms with E-state index in [2.05, 4.69) is 26.6 Å². The number of hydrogen-bond acceptors (Lipinski definition) is 2. The molecule has 2 aromatic rings. The third-order valence-electron chi connectivity index (χ3n) is 3.36. The van der Waals surface area contributed by atoms with Crippen LogP contribution in [-0.2, 0) is 9.59 Å². The molecule has 2 N–H and O–H groups in total. The Morgan fingerprint density at radius 2 is 1.83 bits per heavy atom. The number of benzene rings is 2. The Hall–Kier alpha value is -2.14. The third-order valence-corrected chi connectivity index (χ3v) is 3.85. The van der Waals surface area contributed by atoms with Gasteiger partial charge in [0.25, 0.3) is 0 Å². The van der Waals surface area contributed by atoms with Crippen molar-refractivity contribution in [1.29, 1.82) is 0 Å². The van der Waals surface area contributed by atoms with Gasteiger partial charge >= 0.3 is 0 Å². The lowest BCUT2D eigenvalue weighted by molar-refractivity contribution is -0.120. The molecule has 0 saturated heterocycles. The minimum absolute atomic E-state index is 0.151. The summed E-state index contributed by atoms with van der Waals surface area (Å²) < 4.78 is 0.896. The Morgan fingerprint density at radius 3 is 2.43 bits per heavy atom. The maximum Gasteiger partial charge on any atom is 0.226 e. The number of anilines is 1. The fourth-order valence-electron chi connectivity index (χ4n) is 2.26. The Bertz CT molecular complexity index is 698. The van der Waals surface area contributed by atoms with Crippen LogP contribution in [-0.4, -0.2) is 11.8 Å². The van der Waals surface area contributed by atoms with Gasteiger partial charge in [-0.05, 0) is 30.7 Å². The van der Waals surface area contributed by atoms with E-state index in [9.17, 15) is 9.59 Å². The van der Waals surface area contributed by atoms with Crippen LogP contribution in [0, 0.1) is 6.92 Å². The highest BCUT2D eigenvalue weighted by molar-refractivity contribution is 9.10. The molecular formula is C18H19BrN2O2. The highest BCUT2D eigenvalue weighted by Gasteiger charge is 2.17. The van der Waals surface area contributed by atoms with E-state index in [1.165, 1.54) is 6.92 Å². The third kappa shape index (κ3) is 5.53. The van der Waals surface area contributed by atoms with Crippen molar-refractivity contribution in [2.24, 2.45) is 0 Å². The molecule has 1 atom stereocenters. The molecule has 2 amide bonds. The van der Waals surface area contributed by atoms with Crippen molar-refractivity contribution in [1.82, 2.24) is 5.32 Å². The highest BCUT2D eigenvalue weighted by Crippen LogP contribution is 2.20. The minimum atomic E-state index is -0.347. The van der Waals surface area contributed by atoms with Crippen LogP contribution in [0.1, 0.15) is 30.5 Å². The number of halogens is 1. The first-order chi connectivity index (χ1) is 10.9. The van der Waals surface area contributed by atoms with E-state index in [4.69, 9.17) is 0 Å². The van der Waals surface area contributed by atoms with Gasteiger partial charge in [0.15, 0.2) is 0 Å². The largest absolute Gasteiger partial charge is 0.349 e. The molecule has 1 unspecified atom stereocenters. The van der Waals surface area contributed by atoms with Crippen molar-refractivity contribution in [2.45, 2.75) is 26.3 Å². The summed E-state index contributed by atoms with van der Waals surface area (Å²) in [5.74, 6) is -0.312. The standard InChI is InChI=1S/C18H19BrN2O2/c1-12-6-8-14(9-7-12)17(20-13(2)22)11-18(23)21-16-5-3-4-15(19)10-16/h3-10,17H,11H2,1-2H3,(H,20,22)(H,21,23). The number of carbonyl (C=O) groups excluding carboxylic acids is 2. The molecule has 0 aliphatic heterocycles. The van der Waals surface area contributed by atoms with Crippen LogP contribution in [0.2, 0.25) is 0 Å². The van der Waals surface area contributed by atoms with Gasteiger partial charge in [0.1, 0.15) is 0 Å². The van der Waals surface area contributed by atoms with E-state index in [-0.39, 0.29) is 24.3 Å². The average molecular weight is 375 g/mol. The molecule has 4 nitrogen and oxygen atoms in total. The predicted molar refractivity (Wildman–Crippen MR) is 95.1 cm³/mol. The fourth-order valence-corrected chi connectivity index (χ4v) is 2.66. The first-order valence-electron chi connectivity index (χ1n) is 7.33. The van der Waals surface area contributed by atoms with Crippen LogP contribution in [0.25, 0.3) is 0 Å². The molecule has 23 heavy (non-hydrogen) atoms. The number of amides is 2. The van der Waals surface area contributed by atoms with Crippen LogP contribution in [0.4, 0.5) is 5.69 Å². The molecule has 0 fully saturated rings. The number of nitrogens with one attached hydrogen (secondary N) is 2. The Labute approximate surface area is 144 Å². The van der Waals surface area contributed by atoms with Crippen molar-refractivity contribution in [3.63, 3.8) is 0 Å². The SMILES string of the molecule is CC(=O)NC(CC(=O)Nc1cccc(Br)c1)c1ccc(C)cc1. The zero-order valence-electron chi connectivity index (χ0n) is 13.1. The lowest BCUT2D eigenvalue weighted by Crippen LogP contribution is -2.29. The number of hydrogen-bond donors (Lipinski definition) is 2. The zero-order chi connectivity index (χ0) is 16.8. The summed E-state index contributed by atoms with van der Waals surface area (Å²) in [4.78, 5) is 23.7. The number of aryl methyl sites for hydroxylation is 1. The van der Waals surface area contributed by atoms with Gasteiger partial charge in [0.2, 0.25) is 11.8 Å². The monoisotopic (exact) mass is 374 g/mol. The summed E-state index contributed by atoms with van der Waals surface area (Å²) in [7, 11) is 0. The highest BCUT2D eigenvalue weighted by atomic mass is 79.9. The second-order valence-electron chi connectivity index (χ2n) is 5.43. The Balaban J connectivity index is 2.09. The molecule has 2 aromatic carbocycles. The van der Waals surface area contributed by atoms with Gasteiger partial charge in [0.05, 0.1) is 12.5 Å². The molecule has 120 valence electrons. The van der Waals surface area contributed by atoms with Crippen molar-refractivity contribution < 1.29 is 9.59 Å². The first kappa shape index (κ1) is 17.2. The predicted octanol–water partition coefficient (Wildman–Crippen LogP) is 3.96. The summed E-state index contributed by atoms with van der Waals surface area (Å²) in [6.07, 6.45) is 0.176. The van der Waals surface area contributed by atoms with Crippen LogP contribution in [0.5, 0.6) is 0 Å². The van der Waals surface area contributed by atoms with Crippen LogP contribution >= 0.6 is 15.9 Å². The number of carbonyl (C=O) groups is 2. The second-order valence-corrected chi connectivity index (χ2v) is 6.34. The molecule has 0 radical (unpaired) electrons. The second kappa shape index (κ2) is 7.92. The van der Waals surface area contributed by atoms with Crippen LogP contribution in [0.3, 0.4) is 0 Å². The maximum absolute atomic E-state index is 12.3. The van der Waals surface area contributed by atoms with Crippen LogP contribution in [0.15, 0.2) is 53.0 Å². The topological polar surface area (TPSA) is 58.2 Å². The van der Waals surface area contributed by atoms with Gasteiger partial charge < -0.3 is 10.6 Å². The normalized spacial score (nSPS) is 11.6. The fraction of sp³-hybridized carbons (Fsp3) is 0.222. The van der Waals surface area contributed by atoms with Gasteiger partial charge in [-0.3, -0.25) is 9.59 Å². The van der Waals surface area contributed by atoms with Crippen molar-refractivity contribution in [3.8, 4) is 0 Å². The summed E-state index contributed by atoms with van der Waals surface area (Å²) in [5, 5.41) is 5.68. The maximum atomic E-state index is 12.3. The average Bonchev–Trinajstić information content (AvgIpc) is 2.46. The van der Waals surface area contributed by atoms with Crippen LogP contribution < -0.4 is 10.6 Å². The lowest BCUT2D eigenvalue weighted by Gasteiger charge is -2.18. The molecular weight excluding hydrogens is 356 g/mol.